The van der Waals surface area contributed by atoms with E-state index in [1.807, 2.05) is 31.2 Å². The molecule has 1 rings (SSSR count). The number of esters is 1. The molecular formula is C12H16O5. The number of ether oxygens (including phenoxy) is 2. The summed E-state index contributed by atoms with van der Waals surface area (Å²) in [5.74, 6) is 0.525. The van der Waals surface area contributed by atoms with Gasteiger partial charge in [0.15, 0.2) is 0 Å². The molecular weight excluding hydrogens is 224 g/mol. The monoisotopic (exact) mass is 240 g/mol. The summed E-state index contributed by atoms with van der Waals surface area (Å²) in [6.45, 7) is 2.99. The Bertz CT molecular complexity index is 344. The Morgan fingerprint density at radius 2 is 1.82 bits per heavy atom. The summed E-state index contributed by atoms with van der Waals surface area (Å²) >= 11 is 0. The zero-order chi connectivity index (χ0) is 13.3. The van der Waals surface area contributed by atoms with Gasteiger partial charge in [0.1, 0.15) is 11.9 Å². The van der Waals surface area contributed by atoms with Crippen LogP contribution in [0.4, 0.5) is 0 Å². The van der Waals surface area contributed by atoms with Crippen molar-refractivity contribution >= 4 is 12.4 Å². The zero-order valence-corrected chi connectivity index (χ0v) is 10.0. The molecule has 1 N–H and O–H groups in total. The van der Waals surface area contributed by atoms with Crippen LogP contribution in [0, 0.1) is 0 Å². The second kappa shape index (κ2) is 8.15. The third kappa shape index (κ3) is 6.19. The van der Waals surface area contributed by atoms with Crippen molar-refractivity contribution in [2.24, 2.45) is 0 Å². The van der Waals surface area contributed by atoms with Crippen LogP contribution >= 0.6 is 0 Å². The van der Waals surface area contributed by atoms with Crippen molar-refractivity contribution < 1.29 is 24.2 Å². The van der Waals surface area contributed by atoms with Crippen LogP contribution < -0.4 is 4.74 Å². The van der Waals surface area contributed by atoms with Crippen LogP contribution in [0.25, 0.3) is 0 Å². The average Bonchev–Trinajstić information content (AvgIpc) is 2.29. The molecule has 1 atom stereocenters. The van der Waals surface area contributed by atoms with Gasteiger partial charge in [0.05, 0.1) is 7.11 Å². The number of rotatable bonds is 3. The molecule has 1 aromatic carbocycles. The van der Waals surface area contributed by atoms with E-state index in [2.05, 4.69) is 0 Å². The van der Waals surface area contributed by atoms with Crippen molar-refractivity contribution in [3.05, 3.63) is 29.8 Å². The normalized spacial score (nSPS) is 10.5. The number of carbonyl (C=O) groups is 2. The predicted octanol–water partition coefficient (Wildman–Crippen LogP) is 2.02. The van der Waals surface area contributed by atoms with Gasteiger partial charge in [-0.25, -0.2) is 0 Å². The number of methoxy groups -OCH3 is 1. The molecule has 1 aromatic rings. The number of hydrogen-bond donors (Lipinski definition) is 1. The first-order valence-electron chi connectivity index (χ1n) is 4.94. The van der Waals surface area contributed by atoms with E-state index < -0.39 is 0 Å². The minimum Gasteiger partial charge on any atom is -0.497 e. The first kappa shape index (κ1) is 15.0. The Labute approximate surface area is 100.0 Å². The lowest BCUT2D eigenvalue weighted by Crippen LogP contribution is -2.04. The Morgan fingerprint density at radius 1 is 1.35 bits per heavy atom. The van der Waals surface area contributed by atoms with Crippen LogP contribution in [0.15, 0.2) is 24.3 Å². The van der Waals surface area contributed by atoms with Gasteiger partial charge in [-0.1, -0.05) is 12.1 Å². The molecule has 0 saturated carbocycles. The molecule has 17 heavy (non-hydrogen) atoms. The van der Waals surface area contributed by atoms with Crippen LogP contribution in [0.2, 0.25) is 0 Å². The molecule has 0 aromatic heterocycles. The summed E-state index contributed by atoms with van der Waals surface area (Å²) in [4.78, 5) is 19.1. The van der Waals surface area contributed by atoms with Crippen LogP contribution in [0.3, 0.4) is 0 Å². The van der Waals surface area contributed by atoms with Crippen molar-refractivity contribution in [1.29, 1.82) is 0 Å². The maximum absolute atomic E-state index is 10.7. The summed E-state index contributed by atoms with van der Waals surface area (Å²) < 4.78 is 10.1. The Hall–Kier alpha value is -2.04. The van der Waals surface area contributed by atoms with Crippen LogP contribution in [0.5, 0.6) is 5.75 Å². The zero-order valence-electron chi connectivity index (χ0n) is 10.0. The lowest BCUT2D eigenvalue weighted by molar-refractivity contribution is -0.145. The molecule has 0 radical (unpaired) electrons. The number of carbonyl (C=O) groups excluding carboxylic acids is 1. The highest BCUT2D eigenvalue weighted by Gasteiger charge is 2.07. The predicted molar refractivity (Wildman–Crippen MR) is 61.9 cm³/mol. The molecule has 5 nitrogen and oxygen atoms in total. The van der Waals surface area contributed by atoms with Crippen LogP contribution in [0.1, 0.15) is 25.5 Å². The van der Waals surface area contributed by atoms with E-state index in [-0.39, 0.29) is 18.5 Å². The van der Waals surface area contributed by atoms with E-state index in [1.165, 1.54) is 6.92 Å². The Kier molecular flexibility index (Phi) is 7.17. The highest BCUT2D eigenvalue weighted by atomic mass is 16.5. The molecule has 0 saturated heterocycles. The van der Waals surface area contributed by atoms with E-state index in [9.17, 15) is 4.79 Å². The maximum atomic E-state index is 10.7. The molecule has 94 valence electrons. The molecule has 0 amide bonds. The largest absolute Gasteiger partial charge is 0.497 e. The Morgan fingerprint density at radius 3 is 2.18 bits per heavy atom. The third-order valence-electron chi connectivity index (χ3n) is 1.93. The standard InChI is InChI=1S/C11H14O3.CH2O2/c1-8(14-9(2)12)10-4-6-11(13-3)7-5-10;2-1-3/h4-8H,1-3H3;1H,(H,2,3). The minimum absolute atomic E-state index is 0.210. The van der Waals surface area contributed by atoms with Gasteiger partial charge in [0.2, 0.25) is 0 Å². The number of carboxylic acid groups (broad SMARTS) is 1. The second-order valence-electron chi connectivity index (χ2n) is 3.13. The molecule has 0 aliphatic carbocycles. The van der Waals surface area contributed by atoms with Crippen molar-refractivity contribution in [1.82, 2.24) is 0 Å². The van der Waals surface area contributed by atoms with Gasteiger partial charge in [-0.2, -0.15) is 0 Å². The molecule has 0 heterocycles. The lowest BCUT2D eigenvalue weighted by Gasteiger charge is -2.12. The van der Waals surface area contributed by atoms with Gasteiger partial charge in [-0.05, 0) is 24.6 Å². The van der Waals surface area contributed by atoms with E-state index in [1.54, 1.807) is 7.11 Å². The van der Waals surface area contributed by atoms with Crippen molar-refractivity contribution in [2.45, 2.75) is 20.0 Å². The number of hydrogen-bond acceptors (Lipinski definition) is 4. The van der Waals surface area contributed by atoms with Gasteiger partial charge < -0.3 is 14.6 Å². The molecule has 0 fully saturated rings. The first-order valence-corrected chi connectivity index (χ1v) is 4.94. The summed E-state index contributed by atoms with van der Waals surface area (Å²) in [6.07, 6.45) is -0.210. The van der Waals surface area contributed by atoms with Crippen molar-refractivity contribution in [2.75, 3.05) is 7.11 Å². The fourth-order valence-electron chi connectivity index (χ4n) is 1.19. The molecule has 0 aliphatic rings. The maximum Gasteiger partial charge on any atom is 0.303 e. The van der Waals surface area contributed by atoms with E-state index in [0.29, 0.717) is 0 Å². The van der Waals surface area contributed by atoms with Gasteiger partial charge >= 0.3 is 5.97 Å². The van der Waals surface area contributed by atoms with Gasteiger partial charge in [-0.15, -0.1) is 0 Å². The summed E-state index contributed by atoms with van der Waals surface area (Å²) in [7, 11) is 1.62. The van der Waals surface area contributed by atoms with Crippen LogP contribution in [-0.2, 0) is 14.3 Å². The quantitative estimate of drug-likeness (QED) is 0.646. The van der Waals surface area contributed by atoms with Crippen molar-refractivity contribution in [3.8, 4) is 5.75 Å². The summed E-state index contributed by atoms with van der Waals surface area (Å²) in [6, 6.07) is 7.45. The Balaban J connectivity index is 0.000000770. The summed E-state index contributed by atoms with van der Waals surface area (Å²) in [5, 5.41) is 6.89. The molecule has 0 aliphatic heterocycles. The third-order valence-corrected chi connectivity index (χ3v) is 1.93. The van der Waals surface area contributed by atoms with E-state index >= 15 is 0 Å². The minimum atomic E-state index is -0.270. The van der Waals surface area contributed by atoms with Gasteiger partial charge in [-0.3, -0.25) is 9.59 Å². The molecule has 0 spiro atoms. The second-order valence-corrected chi connectivity index (χ2v) is 3.13. The first-order chi connectivity index (χ1) is 8.04. The van der Waals surface area contributed by atoms with E-state index in [4.69, 9.17) is 19.4 Å². The summed E-state index contributed by atoms with van der Waals surface area (Å²) in [5.41, 5.74) is 0.959. The van der Waals surface area contributed by atoms with Gasteiger partial charge in [0.25, 0.3) is 6.47 Å². The lowest BCUT2D eigenvalue weighted by atomic mass is 10.1. The van der Waals surface area contributed by atoms with Crippen molar-refractivity contribution in [3.63, 3.8) is 0 Å². The molecule has 5 heteroatoms. The molecule has 0 bridgehead atoms. The number of benzene rings is 1. The fraction of sp³-hybridized carbons (Fsp3) is 0.333. The molecule has 1 unspecified atom stereocenters. The highest BCUT2D eigenvalue weighted by Crippen LogP contribution is 2.19. The smallest absolute Gasteiger partial charge is 0.303 e. The van der Waals surface area contributed by atoms with Gasteiger partial charge in [0, 0.05) is 6.92 Å². The topological polar surface area (TPSA) is 72.8 Å². The van der Waals surface area contributed by atoms with E-state index in [0.717, 1.165) is 11.3 Å². The SMILES string of the molecule is COc1ccc(C(C)OC(C)=O)cc1.O=CO. The average molecular weight is 240 g/mol. The highest BCUT2D eigenvalue weighted by molar-refractivity contribution is 5.66. The van der Waals surface area contributed by atoms with Crippen LogP contribution in [-0.4, -0.2) is 24.7 Å². The fourth-order valence-corrected chi connectivity index (χ4v) is 1.19.